The summed E-state index contributed by atoms with van der Waals surface area (Å²) in [5.41, 5.74) is 2.60. The summed E-state index contributed by atoms with van der Waals surface area (Å²) in [6, 6.07) is 4.98. The van der Waals surface area contributed by atoms with Crippen LogP contribution in [0.15, 0.2) is 36.0 Å². The van der Waals surface area contributed by atoms with Crippen LogP contribution < -0.4 is 10.7 Å². The average molecular weight is 300 g/mol. The van der Waals surface area contributed by atoms with E-state index in [9.17, 15) is 9.59 Å². The zero-order chi connectivity index (χ0) is 14.3. The van der Waals surface area contributed by atoms with Gasteiger partial charge in [0.15, 0.2) is 0 Å². The summed E-state index contributed by atoms with van der Waals surface area (Å²) >= 11 is 11.7. The van der Waals surface area contributed by atoms with Crippen molar-refractivity contribution in [3.63, 3.8) is 0 Å². The lowest BCUT2D eigenvalue weighted by atomic mass is 10.2. The van der Waals surface area contributed by atoms with Gasteiger partial charge in [0.2, 0.25) is 0 Å². The topological polar surface area (TPSA) is 70.6 Å². The lowest BCUT2D eigenvalue weighted by molar-refractivity contribution is -0.139. The first-order valence-corrected chi connectivity index (χ1v) is 5.98. The number of hydrogen-bond donors (Lipinski definition) is 2. The molecule has 0 atom stereocenters. The van der Waals surface area contributed by atoms with Gasteiger partial charge in [-0.15, -0.1) is 6.58 Å². The van der Waals surface area contributed by atoms with Crippen LogP contribution in [0.3, 0.4) is 0 Å². The maximum atomic E-state index is 11.3. The van der Waals surface area contributed by atoms with E-state index in [-0.39, 0.29) is 6.54 Å². The minimum absolute atomic E-state index is 0.204. The summed E-state index contributed by atoms with van der Waals surface area (Å²) in [7, 11) is 0. The number of hydrazone groups is 1. The van der Waals surface area contributed by atoms with Gasteiger partial charge < -0.3 is 5.32 Å². The SMILES string of the molecule is C=CCNC(=O)C(=O)N/N=C\c1cccc(Cl)c1Cl. The van der Waals surface area contributed by atoms with Crippen LogP contribution in [0, 0.1) is 0 Å². The second-order valence-corrected chi connectivity index (χ2v) is 4.13. The number of halogens is 2. The van der Waals surface area contributed by atoms with Crippen molar-refractivity contribution in [2.24, 2.45) is 5.10 Å². The first-order valence-electron chi connectivity index (χ1n) is 5.22. The van der Waals surface area contributed by atoms with E-state index in [4.69, 9.17) is 23.2 Å². The number of amides is 2. The standard InChI is InChI=1S/C12H11Cl2N3O2/c1-2-6-15-11(18)12(19)17-16-7-8-4-3-5-9(13)10(8)14/h2-5,7H,1,6H2,(H,15,18)(H,17,19)/b16-7-. The Labute approximate surface area is 120 Å². The van der Waals surface area contributed by atoms with Crippen LogP contribution in [-0.4, -0.2) is 24.6 Å². The zero-order valence-corrected chi connectivity index (χ0v) is 11.3. The van der Waals surface area contributed by atoms with Crippen LogP contribution in [0.5, 0.6) is 0 Å². The molecule has 0 spiro atoms. The van der Waals surface area contributed by atoms with Gasteiger partial charge in [0, 0.05) is 12.1 Å². The largest absolute Gasteiger partial charge is 0.344 e. The quantitative estimate of drug-likeness (QED) is 0.385. The van der Waals surface area contributed by atoms with Gasteiger partial charge in [0.25, 0.3) is 0 Å². The maximum absolute atomic E-state index is 11.3. The Balaban J connectivity index is 2.58. The van der Waals surface area contributed by atoms with Crippen molar-refractivity contribution in [2.45, 2.75) is 0 Å². The monoisotopic (exact) mass is 299 g/mol. The van der Waals surface area contributed by atoms with Gasteiger partial charge in [-0.05, 0) is 6.07 Å². The fourth-order valence-corrected chi connectivity index (χ4v) is 1.43. The Morgan fingerprint density at radius 2 is 2.05 bits per heavy atom. The average Bonchev–Trinajstić information content (AvgIpc) is 2.40. The molecular formula is C12H11Cl2N3O2. The predicted octanol–water partition coefficient (Wildman–Crippen LogP) is 1.75. The first kappa shape index (κ1) is 15.2. The highest BCUT2D eigenvalue weighted by atomic mass is 35.5. The van der Waals surface area contributed by atoms with E-state index in [0.717, 1.165) is 0 Å². The summed E-state index contributed by atoms with van der Waals surface area (Å²) in [6.45, 7) is 3.61. The second kappa shape index (κ2) is 7.56. The Hall–Kier alpha value is -1.85. The van der Waals surface area contributed by atoms with Crippen molar-refractivity contribution in [3.05, 3.63) is 46.5 Å². The molecule has 2 N–H and O–H groups in total. The minimum atomic E-state index is -0.878. The molecule has 0 aliphatic carbocycles. The van der Waals surface area contributed by atoms with Crippen LogP contribution in [0.4, 0.5) is 0 Å². The van der Waals surface area contributed by atoms with Crippen molar-refractivity contribution >= 4 is 41.2 Å². The Kier molecular flexibility index (Phi) is 6.05. The summed E-state index contributed by atoms with van der Waals surface area (Å²) in [5.74, 6) is -1.68. The van der Waals surface area contributed by atoms with Gasteiger partial charge in [-0.1, -0.05) is 41.4 Å². The summed E-state index contributed by atoms with van der Waals surface area (Å²) < 4.78 is 0. The molecule has 2 amide bonds. The summed E-state index contributed by atoms with van der Waals surface area (Å²) in [5, 5.41) is 6.62. The van der Waals surface area contributed by atoms with Gasteiger partial charge in [-0.2, -0.15) is 5.10 Å². The van der Waals surface area contributed by atoms with Crippen LogP contribution >= 0.6 is 23.2 Å². The number of nitrogens with zero attached hydrogens (tertiary/aromatic N) is 1. The number of benzene rings is 1. The van der Waals surface area contributed by atoms with E-state index in [1.807, 2.05) is 0 Å². The van der Waals surface area contributed by atoms with Crippen molar-refractivity contribution in [3.8, 4) is 0 Å². The third-order valence-electron chi connectivity index (χ3n) is 1.96. The van der Waals surface area contributed by atoms with E-state index in [1.54, 1.807) is 18.2 Å². The highest BCUT2D eigenvalue weighted by molar-refractivity contribution is 6.43. The molecule has 7 heteroatoms. The zero-order valence-electron chi connectivity index (χ0n) is 9.82. The molecule has 100 valence electrons. The van der Waals surface area contributed by atoms with Crippen molar-refractivity contribution in [1.29, 1.82) is 0 Å². The molecule has 5 nitrogen and oxygen atoms in total. The molecule has 1 rings (SSSR count). The van der Waals surface area contributed by atoms with Gasteiger partial charge >= 0.3 is 11.8 Å². The molecule has 19 heavy (non-hydrogen) atoms. The molecule has 0 fully saturated rings. The number of nitrogens with one attached hydrogen (secondary N) is 2. The van der Waals surface area contributed by atoms with E-state index in [1.165, 1.54) is 12.3 Å². The Bertz CT molecular complexity index is 530. The number of carbonyl (C=O) groups is 2. The smallest absolute Gasteiger partial charge is 0.329 e. The summed E-state index contributed by atoms with van der Waals surface area (Å²) in [4.78, 5) is 22.4. The number of rotatable bonds is 4. The third-order valence-corrected chi connectivity index (χ3v) is 2.80. The molecule has 0 aliphatic heterocycles. The van der Waals surface area contributed by atoms with E-state index >= 15 is 0 Å². The third kappa shape index (κ3) is 4.73. The molecule has 0 heterocycles. The van der Waals surface area contributed by atoms with Gasteiger partial charge in [0.05, 0.1) is 16.3 Å². The van der Waals surface area contributed by atoms with Crippen LogP contribution in [0.25, 0.3) is 0 Å². The van der Waals surface area contributed by atoms with E-state index < -0.39 is 11.8 Å². The van der Waals surface area contributed by atoms with Crippen LogP contribution in [-0.2, 0) is 9.59 Å². The predicted molar refractivity (Wildman–Crippen MR) is 75.4 cm³/mol. The Morgan fingerprint density at radius 3 is 2.74 bits per heavy atom. The molecule has 0 radical (unpaired) electrons. The van der Waals surface area contributed by atoms with E-state index in [2.05, 4.69) is 22.4 Å². The molecule has 0 aliphatic rings. The molecule has 0 bridgehead atoms. The van der Waals surface area contributed by atoms with Crippen LogP contribution in [0.2, 0.25) is 10.0 Å². The van der Waals surface area contributed by atoms with Crippen molar-refractivity contribution < 1.29 is 9.59 Å². The number of hydrogen-bond acceptors (Lipinski definition) is 3. The maximum Gasteiger partial charge on any atom is 0.329 e. The lowest BCUT2D eigenvalue weighted by Gasteiger charge is -2.01. The number of carbonyl (C=O) groups excluding carboxylic acids is 2. The molecule has 1 aromatic rings. The summed E-state index contributed by atoms with van der Waals surface area (Å²) in [6.07, 6.45) is 2.76. The highest BCUT2D eigenvalue weighted by Gasteiger charge is 2.10. The first-order chi connectivity index (χ1) is 9.06. The fourth-order valence-electron chi connectivity index (χ4n) is 1.08. The van der Waals surface area contributed by atoms with Gasteiger partial charge in [0.1, 0.15) is 0 Å². The molecular weight excluding hydrogens is 289 g/mol. The van der Waals surface area contributed by atoms with Gasteiger partial charge in [-0.25, -0.2) is 5.43 Å². The normalized spacial score (nSPS) is 10.2. The second-order valence-electron chi connectivity index (χ2n) is 3.34. The van der Waals surface area contributed by atoms with Gasteiger partial charge in [-0.3, -0.25) is 9.59 Å². The van der Waals surface area contributed by atoms with Crippen molar-refractivity contribution in [1.82, 2.24) is 10.7 Å². The molecule has 0 saturated carbocycles. The Morgan fingerprint density at radius 1 is 1.32 bits per heavy atom. The fraction of sp³-hybridized carbons (Fsp3) is 0.0833. The molecule has 0 saturated heterocycles. The molecule has 1 aromatic carbocycles. The molecule has 0 aromatic heterocycles. The molecule has 0 unspecified atom stereocenters. The minimum Gasteiger partial charge on any atom is -0.344 e. The highest BCUT2D eigenvalue weighted by Crippen LogP contribution is 2.23. The van der Waals surface area contributed by atoms with Crippen LogP contribution in [0.1, 0.15) is 5.56 Å². The van der Waals surface area contributed by atoms with E-state index in [0.29, 0.717) is 15.6 Å². The van der Waals surface area contributed by atoms with Crippen molar-refractivity contribution in [2.75, 3.05) is 6.54 Å². The lowest BCUT2D eigenvalue weighted by Crippen LogP contribution is -2.37.